The third-order valence-corrected chi connectivity index (χ3v) is 2.58. The van der Waals surface area contributed by atoms with Crippen LogP contribution in [0.25, 0.3) is 0 Å². The number of hydrogen-bond acceptors (Lipinski definition) is 6. The molecule has 1 amide bonds. The van der Waals surface area contributed by atoms with Crippen molar-refractivity contribution >= 4 is 23.6 Å². The second-order valence-electron chi connectivity index (χ2n) is 3.25. The Morgan fingerprint density at radius 2 is 2.35 bits per heavy atom. The van der Waals surface area contributed by atoms with Crippen LogP contribution in [0.2, 0.25) is 0 Å². The van der Waals surface area contributed by atoms with E-state index in [-0.39, 0.29) is 6.54 Å². The van der Waals surface area contributed by atoms with Crippen molar-refractivity contribution in [1.82, 2.24) is 25.5 Å². The van der Waals surface area contributed by atoms with Gasteiger partial charge in [0.25, 0.3) is 0 Å². The Labute approximate surface area is 102 Å². The van der Waals surface area contributed by atoms with E-state index in [1.807, 2.05) is 6.26 Å². The van der Waals surface area contributed by atoms with Gasteiger partial charge in [0, 0.05) is 0 Å². The molecule has 0 aliphatic rings. The Morgan fingerprint density at radius 3 is 2.88 bits per heavy atom. The topological polar surface area (TPSA) is 110 Å². The van der Waals surface area contributed by atoms with Crippen LogP contribution in [0.5, 0.6) is 0 Å². The van der Waals surface area contributed by atoms with Crippen molar-refractivity contribution in [3.05, 3.63) is 6.33 Å². The summed E-state index contributed by atoms with van der Waals surface area (Å²) >= 11 is 1.53. The first-order chi connectivity index (χ1) is 8.13. The molecule has 9 heteroatoms. The lowest BCUT2D eigenvalue weighted by Crippen LogP contribution is -2.42. The summed E-state index contributed by atoms with van der Waals surface area (Å²) in [4.78, 5) is 22.4. The van der Waals surface area contributed by atoms with Gasteiger partial charge in [0.15, 0.2) is 0 Å². The molecule has 1 rings (SSSR count). The SMILES string of the molecule is CSCC[C@@H](NC(=O)Cn1cnnn1)C(=O)O. The van der Waals surface area contributed by atoms with Crippen molar-refractivity contribution in [2.24, 2.45) is 0 Å². The first kappa shape index (κ1) is 13.4. The number of nitrogens with zero attached hydrogens (tertiary/aromatic N) is 4. The van der Waals surface area contributed by atoms with Crippen LogP contribution in [0.3, 0.4) is 0 Å². The smallest absolute Gasteiger partial charge is 0.326 e. The number of carboxylic acids is 1. The molecule has 8 nitrogen and oxygen atoms in total. The number of hydrogen-bond donors (Lipinski definition) is 2. The van der Waals surface area contributed by atoms with E-state index in [1.54, 1.807) is 0 Å². The highest BCUT2D eigenvalue weighted by molar-refractivity contribution is 7.98. The maximum atomic E-state index is 11.5. The Kier molecular flexibility index (Phi) is 5.40. The molecule has 0 bridgehead atoms. The largest absolute Gasteiger partial charge is 0.480 e. The van der Waals surface area contributed by atoms with E-state index in [4.69, 9.17) is 5.11 Å². The number of carboxylic acid groups (broad SMARTS) is 1. The maximum absolute atomic E-state index is 11.5. The van der Waals surface area contributed by atoms with Gasteiger partial charge in [-0.2, -0.15) is 11.8 Å². The van der Waals surface area contributed by atoms with Gasteiger partial charge in [0.1, 0.15) is 18.9 Å². The van der Waals surface area contributed by atoms with Crippen LogP contribution in [-0.2, 0) is 16.1 Å². The highest BCUT2D eigenvalue weighted by Crippen LogP contribution is 2.01. The van der Waals surface area contributed by atoms with Crippen molar-refractivity contribution < 1.29 is 14.7 Å². The fraction of sp³-hybridized carbons (Fsp3) is 0.625. The van der Waals surface area contributed by atoms with Crippen molar-refractivity contribution in [2.45, 2.75) is 19.0 Å². The van der Waals surface area contributed by atoms with Gasteiger partial charge in [-0.25, -0.2) is 9.48 Å². The summed E-state index contributed by atoms with van der Waals surface area (Å²) in [5, 5.41) is 21.6. The number of rotatable bonds is 7. The van der Waals surface area contributed by atoms with Crippen LogP contribution in [0.4, 0.5) is 0 Å². The average Bonchev–Trinajstić information content (AvgIpc) is 2.76. The van der Waals surface area contributed by atoms with E-state index in [9.17, 15) is 9.59 Å². The lowest BCUT2D eigenvalue weighted by Gasteiger charge is -2.13. The molecule has 17 heavy (non-hydrogen) atoms. The number of carbonyl (C=O) groups is 2. The number of tetrazole rings is 1. The third kappa shape index (κ3) is 4.81. The van der Waals surface area contributed by atoms with Crippen LogP contribution in [-0.4, -0.2) is 55.2 Å². The van der Waals surface area contributed by atoms with Gasteiger partial charge in [-0.15, -0.1) is 5.10 Å². The van der Waals surface area contributed by atoms with Gasteiger partial charge in [0.05, 0.1) is 0 Å². The molecule has 1 atom stereocenters. The van der Waals surface area contributed by atoms with Crippen LogP contribution >= 0.6 is 11.8 Å². The quantitative estimate of drug-likeness (QED) is 0.646. The van der Waals surface area contributed by atoms with Gasteiger partial charge in [0.2, 0.25) is 5.91 Å². The zero-order valence-corrected chi connectivity index (χ0v) is 10.1. The lowest BCUT2D eigenvalue weighted by atomic mass is 10.2. The molecule has 94 valence electrons. The summed E-state index contributed by atoms with van der Waals surface area (Å²) in [7, 11) is 0. The molecule has 2 N–H and O–H groups in total. The molecular formula is C8H13N5O3S. The van der Waals surface area contributed by atoms with Crippen LogP contribution in [0.15, 0.2) is 6.33 Å². The molecule has 0 radical (unpaired) electrons. The average molecular weight is 259 g/mol. The summed E-state index contributed by atoms with van der Waals surface area (Å²) < 4.78 is 1.23. The minimum atomic E-state index is -1.04. The molecule has 0 unspecified atom stereocenters. The summed E-state index contributed by atoms with van der Waals surface area (Å²) in [6, 6.07) is -0.869. The molecule has 0 aromatic carbocycles. The maximum Gasteiger partial charge on any atom is 0.326 e. The predicted molar refractivity (Wildman–Crippen MR) is 60.4 cm³/mol. The van der Waals surface area contributed by atoms with Gasteiger partial charge < -0.3 is 10.4 Å². The number of aliphatic carboxylic acids is 1. The van der Waals surface area contributed by atoms with Crippen molar-refractivity contribution in [2.75, 3.05) is 12.0 Å². The van der Waals surface area contributed by atoms with E-state index in [0.717, 1.165) is 0 Å². The van der Waals surface area contributed by atoms with Crippen molar-refractivity contribution in [1.29, 1.82) is 0 Å². The minimum Gasteiger partial charge on any atom is -0.480 e. The summed E-state index contributed by atoms with van der Waals surface area (Å²) in [6.45, 7) is -0.0873. The molecule has 0 fully saturated rings. The highest BCUT2D eigenvalue weighted by atomic mass is 32.2. The molecule has 0 spiro atoms. The second kappa shape index (κ2) is 6.84. The number of nitrogens with one attached hydrogen (secondary N) is 1. The number of aromatic nitrogens is 4. The monoisotopic (exact) mass is 259 g/mol. The first-order valence-electron chi connectivity index (χ1n) is 4.85. The van der Waals surface area contributed by atoms with E-state index in [0.29, 0.717) is 12.2 Å². The summed E-state index contributed by atoms with van der Waals surface area (Å²) in [6.07, 6.45) is 3.55. The number of amides is 1. The van der Waals surface area contributed by atoms with Crippen LogP contribution in [0, 0.1) is 0 Å². The first-order valence-corrected chi connectivity index (χ1v) is 6.24. The number of carbonyl (C=O) groups excluding carboxylic acids is 1. The molecule has 0 aliphatic carbocycles. The fourth-order valence-corrected chi connectivity index (χ4v) is 1.60. The Bertz CT molecular complexity index is 369. The van der Waals surface area contributed by atoms with Gasteiger partial charge in [-0.05, 0) is 28.9 Å². The normalized spacial score (nSPS) is 12.1. The molecular weight excluding hydrogens is 246 g/mol. The Morgan fingerprint density at radius 1 is 1.59 bits per heavy atom. The summed E-state index contributed by atoms with van der Waals surface area (Å²) in [5.74, 6) is -0.794. The fourth-order valence-electron chi connectivity index (χ4n) is 1.13. The molecule has 0 saturated heterocycles. The molecule has 1 aromatic rings. The lowest BCUT2D eigenvalue weighted by molar-refractivity contribution is -0.142. The molecule has 1 heterocycles. The molecule has 0 saturated carbocycles. The van der Waals surface area contributed by atoms with Crippen molar-refractivity contribution in [3.63, 3.8) is 0 Å². The van der Waals surface area contributed by atoms with Crippen molar-refractivity contribution in [3.8, 4) is 0 Å². The van der Waals surface area contributed by atoms with E-state index < -0.39 is 17.9 Å². The summed E-state index contributed by atoms with van der Waals surface area (Å²) in [5.41, 5.74) is 0. The van der Waals surface area contributed by atoms with Gasteiger partial charge in [-0.3, -0.25) is 4.79 Å². The van der Waals surface area contributed by atoms with Crippen LogP contribution in [0.1, 0.15) is 6.42 Å². The van der Waals surface area contributed by atoms with Gasteiger partial charge in [-0.1, -0.05) is 0 Å². The third-order valence-electron chi connectivity index (χ3n) is 1.94. The zero-order valence-electron chi connectivity index (χ0n) is 9.24. The van der Waals surface area contributed by atoms with E-state index in [2.05, 4.69) is 20.8 Å². The Hall–Kier alpha value is -1.64. The molecule has 0 aliphatic heterocycles. The molecule has 1 aromatic heterocycles. The Balaban J connectivity index is 2.43. The zero-order chi connectivity index (χ0) is 12.7. The minimum absolute atomic E-state index is 0.0873. The van der Waals surface area contributed by atoms with Gasteiger partial charge >= 0.3 is 5.97 Å². The highest BCUT2D eigenvalue weighted by Gasteiger charge is 2.19. The van der Waals surface area contributed by atoms with E-state index in [1.165, 1.54) is 22.8 Å². The second-order valence-corrected chi connectivity index (χ2v) is 4.23. The van der Waals surface area contributed by atoms with Crippen LogP contribution < -0.4 is 5.32 Å². The number of thioether (sulfide) groups is 1. The predicted octanol–water partition coefficient (Wildman–Crippen LogP) is -1.00. The standard InChI is InChI=1S/C8H13N5O3S/c1-17-3-2-6(8(15)16)10-7(14)4-13-5-9-11-12-13/h5-6H,2-4H2,1H3,(H,10,14)(H,15,16)/t6-/m1/s1. The van der Waals surface area contributed by atoms with E-state index >= 15 is 0 Å².